The summed E-state index contributed by atoms with van der Waals surface area (Å²) in [4.78, 5) is 9.02. The Morgan fingerprint density at radius 3 is 2.86 bits per heavy atom. The first kappa shape index (κ1) is 11.6. The van der Waals surface area contributed by atoms with Crippen molar-refractivity contribution in [2.24, 2.45) is 0 Å². The Morgan fingerprint density at radius 1 is 1.50 bits per heavy atom. The molecule has 0 fully saturated rings. The van der Waals surface area contributed by atoms with Gasteiger partial charge in [-0.2, -0.15) is 0 Å². The van der Waals surface area contributed by atoms with E-state index in [2.05, 4.69) is 25.9 Å². The molecule has 1 atom stereocenters. The highest BCUT2D eigenvalue weighted by atomic mass is 79.9. The molecule has 0 amide bonds. The number of aryl methyl sites for hydroxylation is 2. The van der Waals surface area contributed by atoms with E-state index in [9.17, 15) is 0 Å². The Balaban J connectivity index is 2.70. The summed E-state index contributed by atoms with van der Waals surface area (Å²) in [5.41, 5.74) is 3.00. The maximum atomic E-state index is 5.05. The monoisotopic (exact) mass is 258 g/mol. The molecule has 3 nitrogen and oxygen atoms in total. The number of aromatic nitrogens is 2. The van der Waals surface area contributed by atoms with Crippen LogP contribution in [0, 0.1) is 13.8 Å². The molecule has 1 heterocycles. The lowest BCUT2D eigenvalue weighted by Gasteiger charge is -2.09. The Kier molecular flexibility index (Phi) is 4.48. The van der Waals surface area contributed by atoms with Gasteiger partial charge in [0, 0.05) is 24.6 Å². The van der Waals surface area contributed by atoms with E-state index in [1.54, 1.807) is 13.3 Å². The van der Waals surface area contributed by atoms with Crippen LogP contribution in [0.1, 0.15) is 17.1 Å². The summed E-state index contributed by atoms with van der Waals surface area (Å²) in [7, 11) is 1.70. The molecule has 0 radical (unpaired) electrons. The molecule has 0 bridgehead atoms. The van der Waals surface area contributed by atoms with E-state index in [0.29, 0.717) is 11.4 Å². The van der Waals surface area contributed by atoms with Gasteiger partial charge in [0.2, 0.25) is 0 Å². The summed E-state index contributed by atoms with van der Waals surface area (Å²) in [6.07, 6.45) is 2.65. The zero-order valence-corrected chi connectivity index (χ0v) is 10.3. The van der Waals surface area contributed by atoms with Gasteiger partial charge in [-0.15, -0.1) is 0 Å². The molecule has 0 aliphatic rings. The highest BCUT2D eigenvalue weighted by Gasteiger charge is 2.09. The molecule has 1 aromatic rings. The second-order valence-electron chi connectivity index (χ2n) is 3.30. The van der Waals surface area contributed by atoms with Crippen LogP contribution in [0.2, 0.25) is 0 Å². The summed E-state index contributed by atoms with van der Waals surface area (Å²) in [6.45, 7) is 4.62. The van der Waals surface area contributed by atoms with Crippen LogP contribution in [0.3, 0.4) is 0 Å². The molecule has 0 saturated carbocycles. The molecule has 4 heteroatoms. The highest BCUT2D eigenvalue weighted by Crippen LogP contribution is 2.11. The zero-order valence-electron chi connectivity index (χ0n) is 8.75. The van der Waals surface area contributed by atoms with Gasteiger partial charge in [-0.3, -0.25) is 9.97 Å². The van der Waals surface area contributed by atoms with Crippen molar-refractivity contribution < 1.29 is 4.74 Å². The first-order chi connectivity index (χ1) is 6.63. The standard InChI is InChI=1S/C10H15BrN2O/c1-7-5-12-8(2)10(13-7)4-9(11)6-14-3/h5,9H,4,6H2,1-3H3. The normalized spacial score (nSPS) is 12.9. The fourth-order valence-corrected chi connectivity index (χ4v) is 1.80. The Morgan fingerprint density at radius 2 is 2.21 bits per heavy atom. The zero-order chi connectivity index (χ0) is 10.6. The van der Waals surface area contributed by atoms with Crippen molar-refractivity contribution in [3.63, 3.8) is 0 Å². The lowest BCUT2D eigenvalue weighted by atomic mass is 10.2. The topological polar surface area (TPSA) is 35.0 Å². The van der Waals surface area contributed by atoms with Gasteiger partial charge in [-0.05, 0) is 13.8 Å². The lowest BCUT2D eigenvalue weighted by Crippen LogP contribution is -2.13. The minimum Gasteiger partial charge on any atom is -0.384 e. The van der Waals surface area contributed by atoms with E-state index in [0.717, 1.165) is 23.5 Å². The van der Waals surface area contributed by atoms with E-state index in [-0.39, 0.29) is 0 Å². The van der Waals surface area contributed by atoms with Crippen LogP contribution < -0.4 is 0 Å². The number of hydrogen-bond donors (Lipinski definition) is 0. The van der Waals surface area contributed by atoms with Gasteiger partial charge in [0.25, 0.3) is 0 Å². The molecule has 1 rings (SSSR count). The van der Waals surface area contributed by atoms with Gasteiger partial charge in [0.05, 0.1) is 23.7 Å². The number of hydrogen-bond acceptors (Lipinski definition) is 3. The predicted octanol–water partition coefficient (Wildman–Crippen LogP) is 2.05. The van der Waals surface area contributed by atoms with Crippen LogP contribution in [-0.4, -0.2) is 28.5 Å². The van der Waals surface area contributed by atoms with Crippen LogP contribution in [0.25, 0.3) is 0 Å². The molecule has 14 heavy (non-hydrogen) atoms. The molecule has 1 unspecified atom stereocenters. The first-order valence-electron chi connectivity index (χ1n) is 4.55. The van der Waals surface area contributed by atoms with Crippen LogP contribution >= 0.6 is 15.9 Å². The van der Waals surface area contributed by atoms with Gasteiger partial charge in [0.15, 0.2) is 0 Å². The summed E-state index contributed by atoms with van der Waals surface area (Å²) in [5.74, 6) is 0. The summed E-state index contributed by atoms with van der Waals surface area (Å²) >= 11 is 3.54. The summed E-state index contributed by atoms with van der Waals surface area (Å²) in [5, 5.41) is 0. The minimum absolute atomic E-state index is 0.308. The molecule has 0 N–H and O–H groups in total. The third kappa shape index (κ3) is 3.35. The van der Waals surface area contributed by atoms with Crippen LogP contribution in [0.5, 0.6) is 0 Å². The highest BCUT2D eigenvalue weighted by molar-refractivity contribution is 9.09. The first-order valence-corrected chi connectivity index (χ1v) is 5.47. The average molecular weight is 259 g/mol. The average Bonchev–Trinajstić information content (AvgIpc) is 2.12. The Hall–Kier alpha value is -0.480. The molecule has 0 aromatic carbocycles. The maximum absolute atomic E-state index is 5.05. The molecule has 0 spiro atoms. The molecule has 0 saturated heterocycles. The van der Waals surface area contributed by atoms with Gasteiger partial charge < -0.3 is 4.74 Å². The van der Waals surface area contributed by atoms with Gasteiger partial charge in [0.1, 0.15) is 0 Å². The summed E-state index contributed by atoms with van der Waals surface area (Å²) < 4.78 is 5.05. The third-order valence-electron chi connectivity index (χ3n) is 1.94. The molecular formula is C10H15BrN2O. The third-order valence-corrected chi connectivity index (χ3v) is 2.52. The van der Waals surface area contributed by atoms with Gasteiger partial charge in [-0.1, -0.05) is 15.9 Å². The molecule has 0 aliphatic carbocycles. The van der Waals surface area contributed by atoms with E-state index < -0.39 is 0 Å². The van der Waals surface area contributed by atoms with Crippen molar-refractivity contribution in [3.05, 3.63) is 23.3 Å². The number of nitrogens with zero attached hydrogens (tertiary/aromatic N) is 2. The molecule has 0 aliphatic heterocycles. The van der Waals surface area contributed by atoms with Crippen molar-refractivity contribution in [1.29, 1.82) is 0 Å². The fraction of sp³-hybridized carbons (Fsp3) is 0.600. The fourth-order valence-electron chi connectivity index (χ4n) is 1.23. The lowest BCUT2D eigenvalue weighted by molar-refractivity contribution is 0.200. The quantitative estimate of drug-likeness (QED) is 0.776. The van der Waals surface area contributed by atoms with Crippen molar-refractivity contribution in [3.8, 4) is 0 Å². The second-order valence-corrected chi connectivity index (χ2v) is 4.60. The second kappa shape index (κ2) is 5.41. The predicted molar refractivity (Wildman–Crippen MR) is 59.8 cm³/mol. The number of methoxy groups -OCH3 is 1. The van der Waals surface area contributed by atoms with Crippen LogP contribution in [-0.2, 0) is 11.2 Å². The van der Waals surface area contributed by atoms with E-state index in [1.807, 2.05) is 13.8 Å². The van der Waals surface area contributed by atoms with Crippen molar-refractivity contribution in [1.82, 2.24) is 9.97 Å². The number of halogens is 1. The maximum Gasteiger partial charge on any atom is 0.0631 e. The smallest absolute Gasteiger partial charge is 0.0631 e. The number of alkyl halides is 1. The van der Waals surface area contributed by atoms with E-state index in [4.69, 9.17) is 4.74 Å². The SMILES string of the molecule is COCC(Br)Cc1nc(C)cnc1C. The van der Waals surface area contributed by atoms with E-state index in [1.165, 1.54) is 0 Å². The van der Waals surface area contributed by atoms with Crippen LogP contribution in [0.15, 0.2) is 6.20 Å². The number of rotatable bonds is 4. The minimum atomic E-state index is 0.308. The van der Waals surface area contributed by atoms with Crippen LogP contribution in [0.4, 0.5) is 0 Å². The molecule has 1 aromatic heterocycles. The summed E-state index contributed by atoms with van der Waals surface area (Å²) in [6, 6.07) is 0. The molecular weight excluding hydrogens is 244 g/mol. The van der Waals surface area contributed by atoms with Crippen molar-refractivity contribution in [2.45, 2.75) is 25.1 Å². The van der Waals surface area contributed by atoms with Crippen molar-refractivity contribution >= 4 is 15.9 Å². The largest absolute Gasteiger partial charge is 0.384 e. The Labute approximate surface area is 93.0 Å². The van der Waals surface area contributed by atoms with Gasteiger partial charge in [-0.25, -0.2) is 0 Å². The molecule has 78 valence electrons. The number of ether oxygens (including phenoxy) is 1. The van der Waals surface area contributed by atoms with Crippen molar-refractivity contribution in [2.75, 3.05) is 13.7 Å². The Bertz CT molecular complexity index is 304. The van der Waals surface area contributed by atoms with Gasteiger partial charge >= 0.3 is 0 Å². The van der Waals surface area contributed by atoms with E-state index >= 15 is 0 Å².